The molecule has 4 rings (SSSR count). The number of nitrogens with zero attached hydrogens (tertiary/aromatic N) is 2. The molecule has 176 valence electrons. The number of hydrogen-bond acceptors (Lipinski definition) is 4. The molecule has 1 aliphatic carbocycles. The molecule has 1 saturated heterocycles. The highest BCUT2D eigenvalue weighted by Crippen LogP contribution is 2.44. The summed E-state index contributed by atoms with van der Waals surface area (Å²) in [4.78, 5) is 7.93. The van der Waals surface area contributed by atoms with E-state index in [0.717, 1.165) is 37.9 Å². The smallest absolute Gasteiger partial charge is 0.437 e. The van der Waals surface area contributed by atoms with Crippen LogP contribution in [0.4, 0.5) is 13.2 Å². The average molecular weight is 451 g/mol. The van der Waals surface area contributed by atoms with Crippen LogP contribution in [0.1, 0.15) is 81.2 Å². The number of aryl methyl sites for hydroxylation is 1. The zero-order chi connectivity index (χ0) is 23.0. The number of aromatic nitrogens is 2. The minimum Gasteiger partial charge on any atom is -0.494 e. The Morgan fingerprint density at radius 1 is 1.19 bits per heavy atom. The summed E-state index contributed by atoms with van der Waals surface area (Å²) in [5.74, 6) is 0.411. The Bertz CT molecular complexity index is 837. The molecule has 7 heteroatoms. The molecule has 0 radical (unpaired) electrons. The molecule has 1 aliphatic heterocycles. The van der Waals surface area contributed by atoms with Crippen molar-refractivity contribution in [2.24, 2.45) is 0 Å². The lowest BCUT2D eigenvalue weighted by Gasteiger charge is -2.38. The van der Waals surface area contributed by atoms with Gasteiger partial charge in [-0.2, -0.15) is 13.2 Å². The van der Waals surface area contributed by atoms with Gasteiger partial charge in [0, 0.05) is 30.6 Å². The monoisotopic (exact) mass is 450 g/mol. The third kappa shape index (κ3) is 6.44. The maximum absolute atomic E-state index is 12.5. The molecule has 2 fully saturated rings. The Hall–Kier alpha value is -2.15. The number of rotatable bonds is 5. The summed E-state index contributed by atoms with van der Waals surface area (Å²) in [5, 5.41) is 0. The molecule has 0 bridgehead atoms. The number of unbranched alkanes of at least 4 members (excludes halogenated alkanes) is 1. The van der Waals surface area contributed by atoms with Gasteiger partial charge in [0.15, 0.2) is 5.69 Å². The fraction of sp³-hybridized carbons (Fsp3) is 0.600. The highest BCUT2D eigenvalue weighted by molar-refractivity contribution is 5.33. The van der Waals surface area contributed by atoms with Crippen molar-refractivity contribution in [3.63, 3.8) is 0 Å². The largest absolute Gasteiger partial charge is 0.494 e. The van der Waals surface area contributed by atoms with Crippen LogP contribution in [0.25, 0.3) is 0 Å². The SMILES string of the molecule is CCCCc1cnc(C(F)(F)F)c(OC)c1.c1ccc([C@@H]2CCOC3(CCCC3)C2)nc1. The van der Waals surface area contributed by atoms with E-state index in [1.165, 1.54) is 57.2 Å². The highest BCUT2D eigenvalue weighted by atomic mass is 19.4. The number of ether oxygens (including phenoxy) is 2. The second-order valence-corrected chi connectivity index (χ2v) is 8.68. The summed E-state index contributed by atoms with van der Waals surface area (Å²) in [7, 11) is 1.22. The maximum atomic E-state index is 12.5. The van der Waals surface area contributed by atoms with Crippen molar-refractivity contribution in [2.45, 2.75) is 82.4 Å². The molecule has 2 aromatic heterocycles. The van der Waals surface area contributed by atoms with Crippen molar-refractivity contribution in [1.82, 2.24) is 9.97 Å². The van der Waals surface area contributed by atoms with E-state index in [9.17, 15) is 13.2 Å². The van der Waals surface area contributed by atoms with Gasteiger partial charge in [-0.25, -0.2) is 4.98 Å². The van der Waals surface area contributed by atoms with Crippen molar-refractivity contribution in [3.05, 3.63) is 53.6 Å². The summed E-state index contributed by atoms with van der Waals surface area (Å²) in [6, 6.07) is 7.66. The fourth-order valence-electron chi connectivity index (χ4n) is 4.64. The first-order chi connectivity index (χ1) is 15.4. The number of halogens is 3. The molecule has 3 heterocycles. The van der Waals surface area contributed by atoms with Gasteiger partial charge in [0.1, 0.15) is 5.75 Å². The number of pyridine rings is 2. The van der Waals surface area contributed by atoms with E-state index in [2.05, 4.69) is 22.1 Å². The van der Waals surface area contributed by atoms with E-state index in [1.807, 2.05) is 19.2 Å². The van der Waals surface area contributed by atoms with Crippen LogP contribution in [-0.2, 0) is 17.3 Å². The van der Waals surface area contributed by atoms with Gasteiger partial charge in [-0.1, -0.05) is 32.3 Å². The molecule has 0 aromatic carbocycles. The van der Waals surface area contributed by atoms with Crippen molar-refractivity contribution >= 4 is 0 Å². The molecule has 1 spiro atoms. The Morgan fingerprint density at radius 2 is 1.97 bits per heavy atom. The molecule has 2 aliphatic rings. The molecular weight excluding hydrogens is 417 g/mol. The molecule has 2 aromatic rings. The lowest BCUT2D eigenvalue weighted by molar-refractivity contribution is -0.142. The minimum absolute atomic E-state index is 0.207. The Morgan fingerprint density at radius 3 is 2.59 bits per heavy atom. The Kier molecular flexibility index (Phi) is 8.51. The van der Waals surface area contributed by atoms with Crippen molar-refractivity contribution < 1.29 is 22.6 Å². The van der Waals surface area contributed by atoms with Crippen molar-refractivity contribution in [3.8, 4) is 5.75 Å². The second kappa shape index (κ2) is 11.1. The summed E-state index contributed by atoms with van der Waals surface area (Å²) in [6.07, 6.45) is 8.87. The molecular formula is C25H33F3N2O2. The first kappa shape index (κ1) is 24.5. The molecule has 0 amide bonds. The van der Waals surface area contributed by atoms with Gasteiger partial charge in [0.25, 0.3) is 0 Å². The predicted octanol–water partition coefficient (Wildman–Crippen LogP) is 6.74. The topological polar surface area (TPSA) is 44.2 Å². The van der Waals surface area contributed by atoms with E-state index in [-0.39, 0.29) is 11.4 Å². The van der Waals surface area contributed by atoms with E-state index >= 15 is 0 Å². The van der Waals surface area contributed by atoms with Crippen LogP contribution in [0.2, 0.25) is 0 Å². The van der Waals surface area contributed by atoms with E-state index < -0.39 is 11.9 Å². The van der Waals surface area contributed by atoms with Gasteiger partial charge >= 0.3 is 6.18 Å². The average Bonchev–Trinajstić information content (AvgIpc) is 3.25. The van der Waals surface area contributed by atoms with Crippen LogP contribution in [0.5, 0.6) is 5.75 Å². The fourth-order valence-corrected chi connectivity index (χ4v) is 4.64. The van der Waals surface area contributed by atoms with E-state index in [1.54, 1.807) is 0 Å². The van der Waals surface area contributed by atoms with Crippen LogP contribution < -0.4 is 4.74 Å². The lowest BCUT2D eigenvalue weighted by Crippen LogP contribution is -2.36. The third-order valence-corrected chi connectivity index (χ3v) is 6.33. The van der Waals surface area contributed by atoms with Crippen molar-refractivity contribution in [1.29, 1.82) is 0 Å². The highest BCUT2D eigenvalue weighted by Gasteiger charge is 2.40. The molecule has 0 unspecified atom stereocenters. The minimum atomic E-state index is -4.46. The summed E-state index contributed by atoms with van der Waals surface area (Å²) in [6.45, 7) is 2.94. The van der Waals surface area contributed by atoms with Crippen LogP contribution >= 0.6 is 0 Å². The second-order valence-electron chi connectivity index (χ2n) is 8.68. The lowest BCUT2D eigenvalue weighted by atomic mass is 9.83. The van der Waals surface area contributed by atoms with Gasteiger partial charge in [0.2, 0.25) is 0 Å². The molecule has 0 N–H and O–H groups in total. The Balaban J connectivity index is 0.000000181. The number of alkyl halides is 3. The van der Waals surface area contributed by atoms with Crippen LogP contribution in [-0.4, -0.2) is 29.3 Å². The van der Waals surface area contributed by atoms with Gasteiger partial charge in [0.05, 0.1) is 12.7 Å². The summed E-state index contributed by atoms with van der Waals surface area (Å²) >= 11 is 0. The van der Waals surface area contributed by atoms with Gasteiger partial charge < -0.3 is 9.47 Å². The molecule has 4 nitrogen and oxygen atoms in total. The Labute approximate surface area is 188 Å². The van der Waals surface area contributed by atoms with Gasteiger partial charge in [-0.05, 0) is 62.3 Å². The van der Waals surface area contributed by atoms with Crippen LogP contribution in [0, 0.1) is 0 Å². The van der Waals surface area contributed by atoms with Gasteiger partial charge in [-0.3, -0.25) is 4.98 Å². The van der Waals surface area contributed by atoms with E-state index in [4.69, 9.17) is 9.47 Å². The molecule has 1 saturated carbocycles. The zero-order valence-electron chi connectivity index (χ0n) is 19.0. The quantitative estimate of drug-likeness (QED) is 0.506. The zero-order valence-corrected chi connectivity index (χ0v) is 19.0. The normalized spacial score (nSPS) is 20.0. The van der Waals surface area contributed by atoms with Gasteiger partial charge in [-0.15, -0.1) is 0 Å². The standard InChI is InChI=1S/C14H19NO.C11H14F3NO/c1-4-9-15-13(5-1)12-6-10-16-14(11-12)7-2-3-8-14;1-3-4-5-8-6-9(16-2)10(15-7-8)11(12,13)14/h1,4-5,9,12H,2-3,6-8,10-11H2;6-7H,3-5H2,1-2H3/t12-;/m1./s1. The third-order valence-electron chi connectivity index (χ3n) is 6.33. The first-order valence-electron chi connectivity index (χ1n) is 11.5. The van der Waals surface area contributed by atoms with E-state index in [0.29, 0.717) is 5.92 Å². The predicted molar refractivity (Wildman–Crippen MR) is 118 cm³/mol. The van der Waals surface area contributed by atoms with Crippen LogP contribution in [0.15, 0.2) is 36.7 Å². The van der Waals surface area contributed by atoms with Crippen molar-refractivity contribution in [2.75, 3.05) is 13.7 Å². The number of hydrogen-bond donors (Lipinski definition) is 0. The van der Waals surface area contributed by atoms with Crippen LogP contribution in [0.3, 0.4) is 0 Å². The molecule has 32 heavy (non-hydrogen) atoms. The first-order valence-corrected chi connectivity index (χ1v) is 11.5. The summed E-state index contributed by atoms with van der Waals surface area (Å²) in [5.41, 5.74) is 1.28. The number of methoxy groups -OCH3 is 1. The molecule has 1 atom stereocenters. The maximum Gasteiger partial charge on any atom is 0.437 e. The summed E-state index contributed by atoms with van der Waals surface area (Å²) < 4.78 is 48.2.